The first-order valence-electron chi connectivity index (χ1n) is 8.05. The van der Waals surface area contributed by atoms with Gasteiger partial charge in [-0.1, -0.05) is 50.2 Å². The molecule has 0 aliphatic heterocycles. The zero-order chi connectivity index (χ0) is 16.8. The number of aryl methyl sites for hydroxylation is 1. The average molecular weight is 311 g/mol. The van der Waals surface area contributed by atoms with Crippen LogP contribution in [0.25, 0.3) is 0 Å². The maximum Gasteiger partial charge on any atom is 0.258 e. The molecule has 23 heavy (non-hydrogen) atoms. The number of nitrogens with one attached hydrogen (secondary N) is 1. The molecule has 0 aromatic heterocycles. The van der Waals surface area contributed by atoms with E-state index in [2.05, 4.69) is 19.2 Å². The highest BCUT2D eigenvalue weighted by molar-refractivity contribution is 5.78. The highest BCUT2D eigenvalue weighted by Crippen LogP contribution is 2.19. The van der Waals surface area contributed by atoms with E-state index in [1.807, 2.05) is 62.4 Å². The predicted octanol–water partition coefficient (Wildman–Crippen LogP) is 4.37. The molecule has 1 amide bonds. The van der Waals surface area contributed by atoms with Gasteiger partial charge < -0.3 is 10.1 Å². The Labute approximate surface area is 138 Å². The third kappa shape index (κ3) is 4.85. The van der Waals surface area contributed by atoms with E-state index in [-0.39, 0.29) is 18.6 Å². The van der Waals surface area contributed by atoms with Crippen LogP contribution in [0.1, 0.15) is 49.4 Å². The van der Waals surface area contributed by atoms with E-state index in [1.54, 1.807) is 0 Å². The third-order valence-electron chi connectivity index (χ3n) is 3.95. The van der Waals surface area contributed by atoms with E-state index < -0.39 is 0 Å². The van der Waals surface area contributed by atoms with E-state index in [1.165, 1.54) is 11.1 Å². The molecule has 0 aliphatic carbocycles. The Morgan fingerprint density at radius 2 is 1.70 bits per heavy atom. The minimum absolute atomic E-state index is 0.0250. The number of rotatable bonds is 6. The summed E-state index contributed by atoms with van der Waals surface area (Å²) in [4.78, 5) is 12.1. The molecule has 0 radical (unpaired) electrons. The van der Waals surface area contributed by atoms with Gasteiger partial charge in [0, 0.05) is 0 Å². The Morgan fingerprint density at radius 1 is 1.04 bits per heavy atom. The zero-order valence-corrected chi connectivity index (χ0v) is 14.3. The van der Waals surface area contributed by atoms with Gasteiger partial charge in [0.2, 0.25) is 0 Å². The SMILES string of the molecule is Cc1ccccc1C(C)NC(=O)COc1ccc(C(C)C)cc1. The monoisotopic (exact) mass is 311 g/mol. The standard InChI is InChI=1S/C20H25NO2/c1-14(2)17-9-11-18(12-10-17)23-13-20(22)21-16(4)19-8-6-5-7-15(19)3/h5-12,14,16H,13H2,1-4H3,(H,21,22). The highest BCUT2D eigenvalue weighted by atomic mass is 16.5. The lowest BCUT2D eigenvalue weighted by atomic mass is 10.0. The number of amides is 1. The fourth-order valence-corrected chi connectivity index (χ4v) is 2.53. The van der Waals surface area contributed by atoms with E-state index in [9.17, 15) is 4.79 Å². The van der Waals surface area contributed by atoms with Gasteiger partial charge in [-0.15, -0.1) is 0 Å². The van der Waals surface area contributed by atoms with Crippen LogP contribution < -0.4 is 10.1 Å². The fourth-order valence-electron chi connectivity index (χ4n) is 2.53. The molecule has 2 aromatic carbocycles. The normalized spacial score (nSPS) is 12.0. The largest absolute Gasteiger partial charge is 0.484 e. The Morgan fingerprint density at radius 3 is 2.30 bits per heavy atom. The number of ether oxygens (including phenoxy) is 1. The molecule has 0 aliphatic rings. The van der Waals surface area contributed by atoms with Gasteiger partial charge in [0.1, 0.15) is 5.75 Å². The summed E-state index contributed by atoms with van der Waals surface area (Å²) in [5.74, 6) is 1.09. The average Bonchev–Trinajstić information content (AvgIpc) is 2.53. The molecule has 2 aromatic rings. The van der Waals surface area contributed by atoms with E-state index in [4.69, 9.17) is 4.74 Å². The van der Waals surface area contributed by atoms with Gasteiger partial charge >= 0.3 is 0 Å². The summed E-state index contributed by atoms with van der Waals surface area (Å²) >= 11 is 0. The Balaban J connectivity index is 1.86. The molecule has 2 rings (SSSR count). The topological polar surface area (TPSA) is 38.3 Å². The van der Waals surface area contributed by atoms with Gasteiger partial charge in [0.05, 0.1) is 6.04 Å². The van der Waals surface area contributed by atoms with Crippen molar-refractivity contribution in [3.8, 4) is 5.75 Å². The minimum Gasteiger partial charge on any atom is -0.484 e. The number of carbonyl (C=O) groups excluding carboxylic acids is 1. The molecule has 0 heterocycles. The summed E-state index contributed by atoms with van der Waals surface area (Å²) in [5.41, 5.74) is 3.56. The van der Waals surface area contributed by atoms with E-state index in [0.29, 0.717) is 11.7 Å². The Hall–Kier alpha value is -2.29. The molecule has 122 valence electrons. The molecule has 0 fully saturated rings. The van der Waals surface area contributed by atoms with Crippen molar-refractivity contribution in [2.75, 3.05) is 6.61 Å². The highest BCUT2D eigenvalue weighted by Gasteiger charge is 2.11. The van der Waals surface area contributed by atoms with Gasteiger partial charge in [0.25, 0.3) is 5.91 Å². The summed E-state index contributed by atoms with van der Waals surface area (Å²) in [6, 6.07) is 15.9. The molecular formula is C20H25NO2. The quantitative estimate of drug-likeness (QED) is 0.860. The summed E-state index contributed by atoms with van der Waals surface area (Å²) in [6.45, 7) is 8.35. The van der Waals surface area contributed by atoms with Gasteiger partial charge in [0.15, 0.2) is 6.61 Å². The Kier molecular flexibility index (Phi) is 5.80. The lowest BCUT2D eigenvalue weighted by molar-refractivity contribution is -0.123. The summed E-state index contributed by atoms with van der Waals surface area (Å²) in [7, 11) is 0. The second-order valence-electron chi connectivity index (χ2n) is 6.16. The van der Waals surface area contributed by atoms with Gasteiger partial charge in [-0.3, -0.25) is 4.79 Å². The molecule has 0 saturated carbocycles. The summed E-state index contributed by atoms with van der Waals surface area (Å²) in [6.07, 6.45) is 0. The second kappa shape index (κ2) is 7.82. The molecule has 3 heteroatoms. The molecule has 3 nitrogen and oxygen atoms in total. The predicted molar refractivity (Wildman–Crippen MR) is 93.8 cm³/mol. The first kappa shape index (κ1) is 17.1. The maximum atomic E-state index is 12.1. The molecule has 1 atom stereocenters. The number of hydrogen-bond donors (Lipinski definition) is 1. The van der Waals surface area contributed by atoms with Crippen LogP contribution in [-0.4, -0.2) is 12.5 Å². The third-order valence-corrected chi connectivity index (χ3v) is 3.95. The molecule has 1 N–H and O–H groups in total. The fraction of sp³-hybridized carbons (Fsp3) is 0.350. The Bertz CT molecular complexity index is 647. The zero-order valence-electron chi connectivity index (χ0n) is 14.3. The minimum atomic E-state index is -0.117. The first-order chi connectivity index (χ1) is 11.0. The van der Waals surface area contributed by atoms with Gasteiger partial charge in [-0.25, -0.2) is 0 Å². The molecule has 0 spiro atoms. The molecule has 1 unspecified atom stereocenters. The summed E-state index contributed by atoms with van der Waals surface area (Å²) < 4.78 is 5.56. The van der Waals surface area contributed by atoms with Crippen LogP contribution in [0.5, 0.6) is 5.75 Å². The summed E-state index contributed by atoms with van der Waals surface area (Å²) in [5, 5.41) is 2.97. The maximum absolute atomic E-state index is 12.1. The van der Waals surface area contributed by atoms with Gasteiger partial charge in [-0.2, -0.15) is 0 Å². The van der Waals surface area contributed by atoms with Crippen molar-refractivity contribution in [3.05, 3.63) is 65.2 Å². The molecule has 0 bridgehead atoms. The lowest BCUT2D eigenvalue weighted by Crippen LogP contribution is -2.31. The van der Waals surface area contributed by atoms with Crippen LogP contribution in [0, 0.1) is 6.92 Å². The van der Waals surface area contributed by atoms with Crippen molar-refractivity contribution in [2.45, 2.75) is 39.7 Å². The van der Waals surface area contributed by atoms with Crippen molar-refractivity contribution >= 4 is 5.91 Å². The lowest BCUT2D eigenvalue weighted by Gasteiger charge is -2.17. The van der Waals surface area contributed by atoms with Crippen molar-refractivity contribution in [2.24, 2.45) is 0 Å². The van der Waals surface area contributed by atoms with Crippen molar-refractivity contribution in [3.63, 3.8) is 0 Å². The van der Waals surface area contributed by atoms with Crippen LogP contribution in [0.2, 0.25) is 0 Å². The number of benzene rings is 2. The van der Waals surface area contributed by atoms with Crippen LogP contribution in [0.15, 0.2) is 48.5 Å². The molecular weight excluding hydrogens is 286 g/mol. The smallest absolute Gasteiger partial charge is 0.258 e. The number of hydrogen-bond acceptors (Lipinski definition) is 2. The van der Waals surface area contributed by atoms with Crippen LogP contribution in [-0.2, 0) is 4.79 Å². The first-order valence-corrected chi connectivity index (χ1v) is 8.05. The van der Waals surface area contributed by atoms with Crippen LogP contribution in [0.4, 0.5) is 0 Å². The molecule has 0 saturated heterocycles. The van der Waals surface area contributed by atoms with Crippen molar-refractivity contribution < 1.29 is 9.53 Å². The number of carbonyl (C=O) groups is 1. The van der Waals surface area contributed by atoms with Crippen LogP contribution >= 0.6 is 0 Å². The van der Waals surface area contributed by atoms with Crippen molar-refractivity contribution in [1.29, 1.82) is 0 Å². The van der Waals surface area contributed by atoms with E-state index in [0.717, 1.165) is 5.56 Å². The van der Waals surface area contributed by atoms with Crippen molar-refractivity contribution in [1.82, 2.24) is 5.32 Å². The van der Waals surface area contributed by atoms with Crippen LogP contribution in [0.3, 0.4) is 0 Å². The van der Waals surface area contributed by atoms with E-state index >= 15 is 0 Å². The second-order valence-corrected chi connectivity index (χ2v) is 6.16. The van der Waals surface area contributed by atoms with Gasteiger partial charge in [-0.05, 0) is 48.6 Å².